The van der Waals surface area contributed by atoms with Gasteiger partial charge in [0.1, 0.15) is 0 Å². The van der Waals surface area contributed by atoms with Gasteiger partial charge in [0.15, 0.2) is 0 Å². The average molecular weight is 339 g/mol. The first-order valence-corrected chi connectivity index (χ1v) is 10.00. The smallest absolute Gasteiger partial charge is 0.0614 e. The lowest BCUT2D eigenvalue weighted by atomic mass is 9.85. The number of rotatable bonds is 9. The van der Waals surface area contributed by atoms with E-state index in [4.69, 9.17) is 10.2 Å². The summed E-state index contributed by atoms with van der Waals surface area (Å²) in [4.78, 5) is 0. The van der Waals surface area contributed by atoms with Crippen molar-refractivity contribution in [1.82, 2.24) is 0 Å². The molecule has 2 nitrogen and oxygen atoms in total. The van der Waals surface area contributed by atoms with Crippen LogP contribution in [0.15, 0.2) is 23.3 Å². The first-order valence-electron chi connectivity index (χ1n) is 10.00. The van der Waals surface area contributed by atoms with Gasteiger partial charge in [0.25, 0.3) is 0 Å². The van der Waals surface area contributed by atoms with Crippen LogP contribution in [0, 0.1) is 11.8 Å². The fraction of sp³-hybridized carbons (Fsp3) is 0.818. The van der Waals surface area contributed by atoms with Crippen molar-refractivity contribution in [2.45, 2.75) is 91.9 Å². The molecule has 0 aromatic carbocycles. The van der Waals surface area contributed by atoms with Crippen LogP contribution >= 0.6 is 0 Å². The summed E-state index contributed by atoms with van der Waals surface area (Å²) < 4.78 is 0. The summed E-state index contributed by atoms with van der Waals surface area (Å²) in [7, 11) is 0. The average Bonchev–Trinajstić information content (AvgIpc) is 2.56. The molecule has 0 radical (unpaired) electrons. The highest BCUT2D eigenvalue weighted by Crippen LogP contribution is 2.28. The lowest BCUT2D eigenvalue weighted by Crippen LogP contribution is -2.07. The molecule has 0 bridgehead atoms. The molecule has 142 valence electrons. The second kappa shape index (κ2) is 15.9. The molecule has 1 unspecified atom stereocenters. The van der Waals surface area contributed by atoms with Crippen LogP contribution in [-0.2, 0) is 0 Å². The van der Waals surface area contributed by atoms with E-state index in [1.807, 2.05) is 6.08 Å². The molecule has 1 aliphatic rings. The van der Waals surface area contributed by atoms with Gasteiger partial charge in [0.2, 0.25) is 0 Å². The van der Waals surface area contributed by atoms with Crippen molar-refractivity contribution < 1.29 is 10.2 Å². The van der Waals surface area contributed by atoms with Gasteiger partial charge >= 0.3 is 0 Å². The van der Waals surface area contributed by atoms with Gasteiger partial charge in [0, 0.05) is 6.61 Å². The van der Waals surface area contributed by atoms with Crippen LogP contribution in [-0.4, -0.2) is 23.4 Å². The third-order valence-corrected chi connectivity index (χ3v) is 4.88. The van der Waals surface area contributed by atoms with Crippen LogP contribution in [0.5, 0.6) is 0 Å². The van der Waals surface area contributed by atoms with Gasteiger partial charge in [-0.2, -0.15) is 0 Å². The molecule has 0 saturated heterocycles. The zero-order valence-corrected chi connectivity index (χ0v) is 16.7. The predicted octanol–water partition coefficient (Wildman–Crippen LogP) is 6.04. The van der Waals surface area contributed by atoms with E-state index in [0.717, 1.165) is 18.8 Å². The quantitative estimate of drug-likeness (QED) is 0.503. The van der Waals surface area contributed by atoms with E-state index in [-0.39, 0.29) is 6.61 Å². The summed E-state index contributed by atoms with van der Waals surface area (Å²) in [5, 5.41) is 17.4. The van der Waals surface area contributed by atoms with Crippen molar-refractivity contribution in [1.29, 1.82) is 0 Å². The first-order chi connectivity index (χ1) is 11.5. The highest BCUT2D eigenvalue weighted by molar-refractivity contribution is 5.01. The summed E-state index contributed by atoms with van der Waals surface area (Å²) in [6.07, 6.45) is 17.5. The second-order valence-corrected chi connectivity index (χ2v) is 7.78. The Bertz CT molecular complexity index is 334. The number of aliphatic hydroxyl groups excluding tert-OH is 2. The van der Waals surface area contributed by atoms with Crippen molar-refractivity contribution in [2.75, 3.05) is 13.2 Å². The standard InChI is InChI=1S/C12H24O.C10H18O/c1-11(10-13)6-5-9-12-7-3-2-4-8-12;1-9(2)5-4-6-10(3)7-8-11/h11-13H,2-10H2,1H3;5,7,11H,4,6,8H2,1-3H3/b;10-7+. The minimum atomic E-state index is 0.167. The van der Waals surface area contributed by atoms with Crippen LogP contribution in [0.3, 0.4) is 0 Å². The van der Waals surface area contributed by atoms with Crippen LogP contribution in [0.25, 0.3) is 0 Å². The Hall–Kier alpha value is -0.600. The summed E-state index contributed by atoms with van der Waals surface area (Å²) in [5.41, 5.74) is 2.63. The number of allylic oxidation sites excluding steroid dienone is 3. The topological polar surface area (TPSA) is 40.5 Å². The van der Waals surface area contributed by atoms with Crippen LogP contribution in [0.4, 0.5) is 0 Å². The zero-order chi connectivity index (χ0) is 18.2. The van der Waals surface area contributed by atoms with E-state index in [0.29, 0.717) is 12.5 Å². The SMILES string of the molecule is CC(C)=CCC/C(C)=C/CO.CC(CO)CCCC1CCCCC1. The zero-order valence-electron chi connectivity index (χ0n) is 16.7. The van der Waals surface area contributed by atoms with E-state index >= 15 is 0 Å². The molecule has 1 atom stereocenters. The van der Waals surface area contributed by atoms with E-state index in [9.17, 15) is 0 Å². The molecular weight excluding hydrogens is 296 g/mol. The Morgan fingerprint density at radius 3 is 2.25 bits per heavy atom. The van der Waals surface area contributed by atoms with Crippen LogP contribution < -0.4 is 0 Å². The third-order valence-electron chi connectivity index (χ3n) is 4.88. The second-order valence-electron chi connectivity index (χ2n) is 7.78. The van der Waals surface area contributed by atoms with Crippen LogP contribution in [0.2, 0.25) is 0 Å². The lowest BCUT2D eigenvalue weighted by Gasteiger charge is -2.21. The first kappa shape index (κ1) is 23.4. The number of hydrogen-bond donors (Lipinski definition) is 2. The fourth-order valence-corrected chi connectivity index (χ4v) is 3.17. The summed E-state index contributed by atoms with van der Waals surface area (Å²) in [5.74, 6) is 1.53. The van der Waals surface area contributed by atoms with Crippen molar-refractivity contribution in [3.63, 3.8) is 0 Å². The minimum absolute atomic E-state index is 0.167. The third kappa shape index (κ3) is 15.0. The molecule has 1 fully saturated rings. The predicted molar refractivity (Wildman–Crippen MR) is 106 cm³/mol. The van der Waals surface area contributed by atoms with E-state index in [1.165, 1.54) is 62.5 Å². The normalized spacial score (nSPS) is 17.0. The molecule has 0 amide bonds. The van der Waals surface area contributed by atoms with E-state index in [1.54, 1.807) is 0 Å². The molecule has 1 aliphatic carbocycles. The Balaban J connectivity index is 0.000000449. The molecule has 24 heavy (non-hydrogen) atoms. The molecule has 0 aromatic rings. The fourth-order valence-electron chi connectivity index (χ4n) is 3.17. The molecule has 0 aromatic heterocycles. The van der Waals surface area contributed by atoms with Crippen molar-refractivity contribution in [2.24, 2.45) is 11.8 Å². The Labute approximate surface area is 151 Å². The van der Waals surface area contributed by atoms with Crippen molar-refractivity contribution in [3.8, 4) is 0 Å². The molecule has 1 rings (SSSR count). The maximum absolute atomic E-state index is 8.87. The van der Waals surface area contributed by atoms with Crippen LogP contribution in [0.1, 0.15) is 91.9 Å². The largest absolute Gasteiger partial charge is 0.396 e. The lowest BCUT2D eigenvalue weighted by molar-refractivity contribution is 0.222. The summed E-state index contributed by atoms with van der Waals surface area (Å²) in [6.45, 7) is 8.93. The van der Waals surface area contributed by atoms with E-state index in [2.05, 4.69) is 33.8 Å². The van der Waals surface area contributed by atoms with Gasteiger partial charge in [-0.1, -0.05) is 75.2 Å². The van der Waals surface area contributed by atoms with Gasteiger partial charge in [-0.3, -0.25) is 0 Å². The molecule has 0 spiro atoms. The molecule has 0 heterocycles. The molecule has 2 heteroatoms. The molecule has 1 saturated carbocycles. The maximum atomic E-state index is 8.87. The van der Waals surface area contributed by atoms with Crippen molar-refractivity contribution >= 4 is 0 Å². The van der Waals surface area contributed by atoms with Gasteiger partial charge in [-0.15, -0.1) is 0 Å². The summed E-state index contributed by atoms with van der Waals surface area (Å²) in [6, 6.07) is 0. The molecule has 2 N–H and O–H groups in total. The number of aliphatic hydroxyl groups is 2. The monoisotopic (exact) mass is 338 g/mol. The highest BCUT2D eigenvalue weighted by Gasteiger charge is 2.13. The highest BCUT2D eigenvalue weighted by atomic mass is 16.3. The summed E-state index contributed by atoms with van der Waals surface area (Å²) >= 11 is 0. The number of hydrogen-bond acceptors (Lipinski definition) is 2. The van der Waals surface area contributed by atoms with Gasteiger partial charge in [0.05, 0.1) is 6.61 Å². The Morgan fingerprint density at radius 1 is 1.04 bits per heavy atom. The van der Waals surface area contributed by atoms with Gasteiger partial charge in [-0.25, -0.2) is 0 Å². The minimum Gasteiger partial charge on any atom is -0.396 e. The molecular formula is C22H42O2. The molecule has 0 aliphatic heterocycles. The maximum Gasteiger partial charge on any atom is 0.0614 e. The van der Waals surface area contributed by atoms with Crippen molar-refractivity contribution in [3.05, 3.63) is 23.3 Å². The van der Waals surface area contributed by atoms with Gasteiger partial charge < -0.3 is 10.2 Å². The Morgan fingerprint density at radius 2 is 1.71 bits per heavy atom. The van der Waals surface area contributed by atoms with E-state index < -0.39 is 0 Å². The van der Waals surface area contributed by atoms with Gasteiger partial charge in [-0.05, 0) is 51.9 Å². The Kier molecular flexibility index (Phi) is 15.5.